The molecule has 3 rings (SSSR count). The smallest absolute Gasteiger partial charge is 0.305 e. The highest BCUT2D eigenvalue weighted by Gasteiger charge is 2.11. The lowest BCUT2D eigenvalue weighted by atomic mass is 10.3. The normalized spacial score (nSPS) is 11.1. The number of aromatic nitrogens is 2. The van der Waals surface area contributed by atoms with Gasteiger partial charge in [0.1, 0.15) is 0 Å². The Balaban J connectivity index is 2.38. The molecule has 0 saturated carbocycles. The van der Waals surface area contributed by atoms with Gasteiger partial charge >= 0.3 is 5.69 Å². The average Bonchev–Trinajstić information content (AvgIpc) is 2.65. The standard InChI is InChI=1S/C13H7Cl2IN2O/c14-7-2-4-11(9(16)5-7)18-12-6-8(15)1-3-10(12)17-13(18)19/h1-6H,(H,17,19). The number of H-pyrrole nitrogens is 1. The molecule has 3 aromatic rings. The molecule has 0 radical (unpaired) electrons. The predicted octanol–water partition coefficient (Wildman–Crippen LogP) is 4.23. The highest BCUT2D eigenvalue weighted by molar-refractivity contribution is 14.1. The fraction of sp³-hybridized carbons (Fsp3) is 0. The first-order valence-corrected chi connectivity index (χ1v) is 7.25. The van der Waals surface area contributed by atoms with Gasteiger partial charge in [-0.15, -0.1) is 0 Å². The van der Waals surface area contributed by atoms with Crippen LogP contribution in [0.3, 0.4) is 0 Å². The van der Waals surface area contributed by atoms with E-state index < -0.39 is 0 Å². The van der Waals surface area contributed by atoms with E-state index >= 15 is 0 Å². The molecule has 1 heterocycles. The Kier molecular flexibility index (Phi) is 3.32. The highest BCUT2D eigenvalue weighted by atomic mass is 127. The second-order valence-electron chi connectivity index (χ2n) is 4.02. The number of hydrogen-bond donors (Lipinski definition) is 1. The number of nitrogens with one attached hydrogen (secondary N) is 1. The quantitative estimate of drug-likeness (QED) is 0.605. The minimum atomic E-state index is -0.197. The molecule has 0 aliphatic rings. The average molecular weight is 405 g/mol. The van der Waals surface area contributed by atoms with Crippen LogP contribution in [0.1, 0.15) is 0 Å². The van der Waals surface area contributed by atoms with Gasteiger partial charge in [0.2, 0.25) is 0 Å². The van der Waals surface area contributed by atoms with E-state index in [1.165, 1.54) is 0 Å². The molecule has 1 aromatic heterocycles. The number of rotatable bonds is 1. The molecule has 3 nitrogen and oxygen atoms in total. The third kappa shape index (κ3) is 2.28. The molecule has 0 amide bonds. The van der Waals surface area contributed by atoms with Crippen molar-refractivity contribution in [2.45, 2.75) is 0 Å². The predicted molar refractivity (Wildman–Crippen MR) is 86.6 cm³/mol. The van der Waals surface area contributed by atoms with Crippen LogP contribution in [0.5, 0.6) is 0 Å². The van der Waals surface area contributed by atoms with Crippen molar-refractivity contribution in [3.8, 4) is 5.69 Å². The summed E-state index contributed by atoms with van der Waals surface area (Å²) in [6, 6.07) is 10.7. The Hall–Kier alpha value is -0.980. The zero-order valence-corrected chi connectivity index (χ0v) is 13.1. The lowest BCUT2D eigenvalue weighted by molar-refractivity contribution is 1.01. The van der Waals surface area contributed by atoms with Crippen molar-refractivity contribution in [1.29, 1.82) is 0 Å². The number of fused-ring (bicyclic) bond motifs is 1. The number of imidazole rings is 1. The molecule has 0 saturated heterocycles. The monoisotopic (exact) mass is 404 g/mol. The van der Waals surface area contributed by atoms with Gasteiger partial charge in [-0.05, 0) is 59.0 Å². The van der Waals surface area contributed by atoms with Crippen molar-refractivity contribution < 1.29 is 0 Å². The Morgan fingerprint density at radius 1 is 1.05 bits per heavy atom. The lowest BCUT2D eigenvalue weighted by Gasteiger charge is -2.06. The summed E-state index contributed by atoms with van der Waals surface area (Å²) < 4.78 is 2.49. The van der Waals surface area contributed by atoms with E-state index in [-0.39, 0.29) is 5.69 Å². The molecule has 0 fully saturated rings. The first kappa shape index (κ1) is 13.0. The zero-order chi connectivity index (χ0) is 13.6. The summed E-state index contributed by atoms with van der Waals surface area (Å²) >= 11 is 14.1. The maximum Gasteiger partial charge on any atom is 0.331 e. The van der Waals surface area contributed by atoms with E-state index in [0.717, 1.165) is 20.3 Å². The second kappa shape index (κ2) is 4.85. The zero-order valence-electron chi connectivity index (χ0n) is 9.45. The van der Waals surface area contributed by atoms with E-state index in [9.17, 15) is 4.79 Å². The molecule has 96 valence electrons. The molecule has 1 N–H and O–H groups in total. The Bertz CT molecular complexity index is 838. The van der Waals surface area contributed by atoms with E-state index in [1.54, 1.807) is 28.8 Å². The van der Waals surface area contributed by atoms with Crippen molar-refractivity contribution in [2.24, 2.45) is 0 Å². The molecule has 0 spiro atoms. The summed E-state index contributed by atoms with van der Waals surface area (Å²) in [5.74, 6) is 0. The summed E-state index contributed by atoms with van der Waals surface area (Å²) in [6.45, 7) is 0. The fourth-order valence-electron chi connectivity index (χ4n) is 1.98. The van der Waals surface area contributed by atoms with Crippen molar-refractivity contribution >= 4 is 56.8 Å². The van der Waals surface area contributed by atoms with Gasteiger partial charge in [-0.2, -0.15) is 0 Å². The van der Waals surface area contributed by atoms with Gasteiger partial charge in [-0.25, -0.2) is 4.79 Å². The third-order valence-electron chi connectivity index (χ3n) is 2.80. The van der Waals surface area contributed by atoms with E-state index in [4.69, 9.17) is 23.2 Å². The minimum Gasteiger partial charge on any atom is -0.305 e. The van der Waals surface area contributed by atoms with Gasteiger partial charge in [0.25, 0.3) is 0 Å². The van der Waals surface area contributed by atoms with E-state index in [1.807, 2.05) is 12.1 Å². The molecule has 0 atom stereocenters. The molecule has 0 aliphatic carbocycles. The van der Waals surface area contributed by atoms with Crippen LogP contribution in [-0.2, 0) is 0 Å². The molecule has 0 aliphatic heterocycles. The Morgan fingerprint density at radius 3 is 2.47 bits per heavy atom. The summed E-state index contributed by atoms with van der Waals surface area (Å²) in [6.07, 6.45) is 0. The first-order valence-electron chi connectivity index (χ1n) is 5.42. The molecule has 0 bridgehead atoms. The maximum absolute atomic E-state index is 12.1. The number of hydrogen-bond acceptors (Lipinski definition) is 1. The van der Waals surface area contributed by atoms with Gasteiger partial charge in [0.15, 0.2) is 0 Å². The van der Waals surface area contributed by atoms with Gasteiger partial charge in [-0.1, -0.05) is 23.2 Å². The summed E-state index contributed by atoms with van der Waals surface area (Å²) in [5.41, 5.74) is 2.08. The molecule has 0 unspecified atom stereocenters. The van der Waals surface area contributed by atoms with Crippen LogP contribution in [0.25, 0.3) is 16.7 Å². The summed E-state index contributed by atoms with van der Waals surface area (Å²) in [7, 11) is 0. The number of halogens is 3. The lowest BCUT2D eigenvalue weighted by Crippen LogP contribution is -2.15. The van der Waals surface area contributed by atoms with Crippen molar-refractivity contribution in [2.75, 3.05) is 0 Å². The largest absolute Gasteiger partial charge is 0.331 e. The van der Waals surface area contributed by atoms with Gasteiger partial charge < -0.3 is 4.98 Å². The molecular weight excluding hydrogens is 398 g/mol. The fourth-order valence-corrected chi connectivity index (χ4v) is 3.26. The van der Waals surface area contributed by atoms with Gasteiger partial charge in [0.05, 0.1) is 16.7 Å². The summed E-state index contributed by atoms with van der Waals surface area (Å²) in [5, 5.41) is 1.23. The van der Waals surface area contributed by atoms with Crippen molar-refractivity contribution in [3.63, 3.8) is 0 Å². The van der Waals surface area contributed by atoms with Crippen LogP contribution < -0.4 is 5.69 Å². The Morgan fingerprint density at radius 2 is 1.74 bits per heavy atom. The van der Waals surface area contributed by atoms with Gasteiger partial charge in [-0.3, -0.25) is 4.57 Å². The number of aromatic amines is 1. The van der Waals surface area contributed by atoms with Crippen LogP contribution in [0.15, 0.2) is 41.2 Å². The van der Waals surface area contributed by atoms with Crippen LogP contribution in [0, 0.1) is 3.57 Å². The SMILES string of the molecule is O=c1[nH]c2ccc(Cl)cc2n1-c1ccc(Cl)cc1I. The van der Waals surface area contributed by atoms with Crippen LogP contribution in [-0.4, -0.2) is 9.55 Å². The molecule has 6 heteroatoms. The van der Waals surface area contributed by atoms with Crippen LogP contribution in [0.2, 0.25) is 10.0 Å². The van der Waals surface area contributed by atoms with Crippen molar-refractivity contribution in [1.82, 2.24) is 9.55 Å². The molecule has 2 aromatic carbocycles. The first-order chi connectivity index (χ1) is 9.06. The number of benzene rings is 2. The number of nitrogens with zero attached hydrogens (tertiary/aromatic N) is 1. The minimum absolute atomic E-state index is 0.197. The van der Waals surface area contributed by atoms with Crippen LogP contribution in [0.4, 0.5) is 0 Å². The summed E-state index contributed by atoms with van der Waals surface area (Å²) in [4.78, 5) is 14.9. The van der Waals surface area contributed by atoms with E-state index in [0.29, 0.717) is 10.0 Å². The highest BCUT2D eigenvalue weighted by Crippen LogP contribution is 2.24. The topological polar surface area (TPSA) is 37.8 Å². The van der Waals surface area contributed by atoms with Crippen LogP contribution >= 0.6 is 45.8 Å². The molecular formula is C13H7Cl2IN2O. The second-order valence-corrected chi connectivity index (χ2v) is 6.06. The van der Waals surface area contributed by atoms with Gasteiger partial charge in [0, 0.05) is 13.6 Å². The maximum atomic E-state index is 12.1. The third-order valence-corrected chi connectivity index (χ3v) is 4.13. The van der Waals surface area contributed by atoms with E-state index in [2.05, 4.69) is 27.6 Å². The molecule has 19 heavy (non-hydrogen) atoms. The van der Waals surface area contributed by atoms with Crippen molar-refractivity contribution in [3.05, 3.63) is 60.5 Å². The Labute approximate surface area is 132 Å².